The number of likely N-dealkylation sites (tertiary alicyclic amines) is 1. The molecule has 0 aliphatic carbocycles. The second kappa shape index (κ2) is 6.98. The Morgan fingerprint density at radius 2 is 2.16 bits per heavy atom. The summed E-state index contributed by atoms with van der Waals surface area (Å²) in [4.78, 5) is 29.4. The lowest BCUT2D eigenvalue weighted by Gasteiger charge is -2.45. The number of aromatic amines is 1. The van der Waals surface area contributed by atoms with Gasteiger partial charge in [-0.05, 0) is 18.9 Å². The van der Waals surface area contributed by atoms with Crippen molar-refractivity contribution in [1.29, 1.82) is 0 Å². The van der Waals surface area contributed by atoms with E-state index in [0.717, 1.165) is 6.42 Å². The predicted octanol–water partition coefficient (Wildman–Crippen LogP) is 1.51. The molecule has 1 amide bonds. The van der Waals surface area contributed by atoms with E-state index in [1.165, 1.54) is 6.07 Å². The number of aliphatic hydroxyl groups excluding tert-OH is 2. The van der Waals surface area contributed by atoms with Crippen LogP contribution in [0.4, 0.5) is 0 Å². The number of H-pyrrole nitrogens is 1. The molecule has 0 spiro atoms. The van der Waals surface area contributed by atoms with Crippen LogP contribution >= 0.6 is 0 Å². The molecule has 6 heteroatoms. The average molecular weight is 344 g/mol. The molecule has 2 atom stereocenters. The molecule has 6 nitrogen and oxygen atoms in total. The van der Waals surface area contributed by atoms with E-state index in [-0.39, 0.29) is 18.1 Å². The van der Waals surface area contributed by atoms with Gasteiger partial charge in [0.15, 0.2) is 0 Å². The van der Waals surface area contributed by atoms with Crippen LogP contribution in [0.3, 0.4) is 0 Å². The molecule has 0 bridgehead atoms. The van der Waals surface area contributed by atoms with E-state index in [0.29, 0.717) is 42.4 Å². The van der Waals surface area contributed by atoms with Crippen LogP contribution in [0.5, 0.6) is 0 Å². The monoisotopic (exact) mass is 344 g/mol. The van der Waals surface area contributed by atoms with Crippen molar-refractivity contribution < 1.29 is 15.0 Å². The highest BCUT2D eigenvalue weighted by Crippen LogP contribution is 2.35. The Labute approximate surface area is 146 Å². The van der Waals surface area contributed by atoms with Gasteiger partial charge in [0.1, 0.15) is 0 Å². The van der Waals surface area contributed by atoms with Crippen LogP contribution < -0.4 is 5.56 Å². The second-order valence-corrected chi connectivity index (χ2v) is 6.89. The molecular formula is C19H24N2O4. The van der Waals surface area contributed by atoms with Crippen molar-refractivity contribution in [3.63, 3.8) is 0 Å². The molecule has 3 rings (SSSR count). The molecule has 1 aromatic heterocycles. The Kier molecular flexibility index (Phi) is 4.92. The third-order valence-corrected chi connectivity index (χ3v) is 5.22. The van der Waals surface area contributed by atoms with Gasteiger partial charge >= 0.3 is 0 Å². The van der Waals surface area contributed by atoms with E-state index in [1.54, 1.807) is 11.0 Å². The molecular weight excluding hydrogens is 320 g/mol. The summed E-state index contributed by atoms with van der Waals surface area (Å²) >= 11 is 0. The molecule has 0 unspecified atom stereocenters. The van der Waals surface area contributed by atoms with E-state index in [4.69, 9.17) is 0 Å². The standard InChI is InChI=1S/C19H24N2O4/c1-2-8-19(12-22)11-21(9-7-16(19)23)18(25)14-10-17(24)20-15-6-4-3-5-13(14)15/h3-6,10,16,22-23H,2,7-9,11-12H2,1H3,(H,20,24)/t16-,19-/m0/s1. The van der Waals surface area contributed by atoms with Crippen molar-refractivity contribution in [2.75, 3.05) is 19.7 Å². The van der Waals surface area contributed by atoms with Crippen LogP contribution in [0.1, 0.15) is 36.5 Å². The first-order valence-corrected chi connectivity index (χ1v) is 8.71. The number of aliphatic hydroxyl groups is 2. The van der Waals surface area contributed by atoms with E-state index in [9.17, 15) is 19.8 Å². The summed E-state index contributed by atoms with van der Waals surface area (Å²) in [6.45, 7) is 2.53. The lowest BCUT2D eigenvalue weighted by Crippen LogP contribution is -2.55. The Morgan fingerprint density at radius 3 is 2.88 bits per heavy atom. The number of fused-ring (bicyclic) bond motifs is 1. The van der Waals surface area contributed by atoms with Crippen molar-refractivity contribution in [2.24, 2.45) is 5.41 Å². The van der Waals surface area contributed by atoms with Crippen LogP contribution in [-0.4, -0.2) is 51.8 Å². The van der Waals surface area contributed by atoms with Crippen molar-refractivity contribution in [2.45, 2.75) is 32.3 Å². The SMILES string of the molecule is CCC[C@@]1(CO)CN(C(=O)c2cc(=O)[nH]c3ccccc23)CC[C@@H]1O. The minimum atomic E-state index is -0.695. The Hall–Kier alpha value is -2.18. The van der Waals surface area contributed by atoms with Crippen molar-refractivity contribution in [3.8, 4) is 0 Å². The summed E-state index contributed by atoms with van der Waals surface area (Å²) in [5.41, 5.74) is -0.0304. The highest BCUT2D eigenvalue weighted by atomic mass is 16.3. The number of carbonyl (C=O) groups is 1. The third kappa shape index (κ3) is 3.19. The molecule has 1 aliphatic rings. The van der Waals surface area contributed by atoms with Gasteiger partial charge in [-0.2, -0.15) is 0 Å². The second-order valence-electron chi connectivity index (χ2n) is 6.89. The predicted molar refractivity (Wildman–Crippen MR) is 95.5 cm³/mol. The van der Waals surface area contributed by atoms with E-state index in [2.05, 4.69) is 4.98 Å². The van der Waals surface area contributed by atoms with Gasteiger partial charge in [-0.15, -0.1) is 0 Å². The molecule has 1 saturated heterocycles. The number of piperidine rings is 1. The molecule has 134 valence electrons. The maximum atomic E-state index is 13.1. The summed E-state index contributed by atoms with van der Waals surface area (Å²) in [7, 11) is 0. The maximum absolute atomic E-state index is 13.1. The number of nitrogens with zero attached hydrogens (tertiary/aromatic N) is 1. The van der Waals surface area contributed by atoms with Gasteiger partial charge in [0.25, 0.3) is 5.91 Å². The van der Waals surface area contributed by atoms with Gasteiger partial charge in [-0.3, -0.25) is 9.59 Å². The first kappa shape index (κ1) is 17.6. The number of benzene rings is 1. The van der Waals surface area contributed by atoms with Crippen LogP contribution in [0.2, 0.25) is 0 Å². The summed E-state index contributed by atoms with van der Waals surface area (Å²) < 4.78 is 0. The number of para-hydroxylation sites is 1. The van der Waals surface area contributed by atoms with Gasteiger partial charge in [0.05, 0.1) is 18.3 Å². The number of carbonyl (C=O) groups excluding carboxylic acids is 1. The fourth-order valence-corrected chi connectivity index (χ4v) is 3.85. The average Bonchev–Trinajstić information content (AvgIpc) is 2.62. The van der Waals surface area contributed by atoms with Crippen molar-refractivity contribution in [3.05, 3.63) is 46.2 Å². The van der Waals surface area contributed by atoms with Gasteiger partial charge in [-0.25, -0.2) is 0 Å². The van der Waals surface area contributed by atoms with Crippen LogP contribution in [-0.2, 0) is 0 Å². The molecule has 1 fully saturated rings. The van der Waals surface area contributed by atoms with Gasteiger partial charge in [0, 0.05) is 35.5 Å². The topological polar surface area (TPSA) is 93.6 Å². The lowest BCUT2D eigenvalue weighted by atomic mass is 9.74. The largest absolute Gasteiger partial charge is 0.396 e. The number of hydrogen-bond donors (Lipinski definition) is 3. The molecule has 0 saturated carbocycles. The van der Waals surface area contributed by atoms with Crippen molar-refractivity contribution >= 4 is 16.8 Å². The normalized spacial score (nSPS) is 23.8. The van der Waals surface area contributed by atoms with Gasteiger partial charge in [-0.1, -0.05) is 31.5 Å². The third-order valence-electron chi connectivity index (χ3n) is 5.22. The van der Waals surface area contributed by atoms with Gasteiger partial charge < -0.3 is 20.1 Å². The smallest absolute Gasteiger partial charge is 0.254 e. The van der Waals surface area contributed by atoms with Gasteiger partial charge in [0.2, 0.25) is 5.56 Å². The first-order valence-electron chi connectivity index (χ1n) is 8.71. The molecule has 0 radical (unpaired) electrons. The van der Waals surface area contributed by atoms with Crippen LogP contribution in [0.15, 0.2) is 35.1 Å². The lowest BCUT2D eigenvalue weighted by molar-refractivity contribution is -0.0719. The van der Waals surface area contributed by atoms with E-state index >= 15 is 0 Å². The number of aromatic nitrogens is 1. The number of amides is 1. The highest BCUT2D eigenvalue weighted by molar-refractivity contribution is 6.06. The van der Waals surface area contributed by atoms with E-state index < -0.39 is 11.5 Å². The fourth-order valence-electron chi connectivity index (χ4n) is 3.85. The van der Waals surface area contributed by atoms with Crippen LogP contribution in [0, 0.1) is 5.41 Å². The minimum Gasteiger partial charge on any atom is -0.396 e. The zero-order valence-corrected chi connectivity index (χ0v) is 14.4. The number of nitrogens with one attached hydrogen (secondary N) is 1. The molecule has 1 aromatic carbocycles. The summed E-state index contributed by atoms with van der Waals surface area (Å²) in [6.07, 6.45) is 1.25. The first-order chi connectivity index (χ1) is 12.0. The quantitative estimate of drug-likeness (QED) is 0.784. The Balaban J connectivity index is 1.97. The number of pyridine rings is 1. The molecule has 1 aliphatic heterocycles. The summed E-state index contributed by atoms with van der Waals surface area (Å²) in [6, 6.07) is 8.54. The molecule has 25 heavy (non-hydrogen) atoms. The fraction of sp³-hybridized carbons (Fsp3) is 0.474. The maximum Gasteiger partial charge on any atom is 0.254 e. The molecule has 2 heterocycles. The minimum absolute atomic E-state index is 0.165. The number of rotatable bonds is 4. The molecule has 2 aromatic rings. The zero-order valence-electron chi connectivity index (χ0n) is 14.4. The number of hydrogen-bond acceptors (Lipinski definition) is 4. The van der Waals surface area contributed by atoms with Crippen LogP contribution in [0.25, 0.3) is 10.9 Å². The zero-order chi connectivity index (χ0) is 18.0. The Morgan fingerprint density at radius 1 is 1.40 bits per heavy atom. The molecule has 3 N–H and O–H groups in total. The Bertz CT molecular complexity index is 832. The van der Waals surface area contributed by atoms with E-state index in [1.807, 2.05) is 25.1 Å². The summed E-state index contributed by atoms with van der Waals surface area (Å²) in [5.74, 6) is -0.233. The summed E-state index contributed by atoms with van der Waals surface area (Å²) in [5, 5.41) is 21.0. The van der Waals surface area contributed by atoms with Crippen molar-refractivity contribution in [1.82, 2.24) is 9.88 Å². The highest BCUT2D eigenvalue weighted by Gasteiger charge is 2.43.